The summed E-state index contributed by atoms with van der Waals surface area (Å²) < 4.78 is 5.13. The Morgan fingerprint density at radius 3 is 2.67 bits per heavy atom. The number of carbonyl (C=O) groups excluding carboxylic acids is 1. The van der Waals surface area contributed by atoms with Crippen LogP contribution in [0.25, 0.3) is 10.8 Å². The van der Waals surface area contributed by atoms with Crippen molar-refractivity contribution >= 4 is 22.4 Å². The third-order valence-electron chi connectivity index (χ3n) is 3.96. The fourth-order valence-electron chi connectivity index (χ4n) is 2.69. The molecule has 3 N–H and O–H groups in total. The van der Waals surface area contributed by atoms with E-state index in [1.807, 2.05) is 49.4 Å². The average molecular weight is 321 g/mol. The van der Waals surface area contributed by atoms with Gasteiger partial charge in [-0.3, -0.25) is 9.78 Å². The van der Waals surface area contributed by atoms with Crippen molar-refractivity contribution in [1.29, 1.82) is 0 Å². The van der Waals surface area contributed by atoms with Crippen LogP contribution < -0.4 is 15.8 Å². The average Bonchev–Trinajstić information content (AvgIpc) is 2.60. The van der Waals surface area contributed by atoms with Gasteiger partial charge in [-0.1, -0.05) is 24.3 Å². The van der Waals surface area contributed by atoms with Crippen molar-refractivity contribution in [2.75, 3.05) is 12.8 Å². The van der Waals surface area contributed by atoms with Crippen LogP contribution in [-0.4, -0.2) is 18.0 Å². The molecule has 0 radical (unpaired) electrons. The van der Waals surface area contributed by atoms with Crippen molar-refractivity contribution in [3.05, 3.63) is 65.5 Å². The van der Waals surface area contributed by atoms with Crippen molar-refractivity contribution in [3.8, 4) is 5.75 Å². The van der Waals surface area contributed by atoms with Crippen molar-refractivity contribution in [3.63, 3.8) is 0 Å². The molecule has 24 heavy (non-hydrogen) atoms. The SMILES string of the molecule is COc1ccc(CNC(=O)c2ncc(C)c3c(N)cccc23)cc1. The molecule has 0 saturated heterocycles. The molecular weight excluding hydrogens is 302 g/mol. The van der Waals surface area contributed by atoms with Crippen LogP contribution in [0.4, 0.5) is 5.69 Å². The highest BCUT2D eigenvalue weighted by Crippen LogP contribution is 2.26. The summed E-state index contributed by atoms with van der Waals surface area (Å²) in [5, 5.41) is 4.54. The second kappa shape index (κ2) is 6.58. The van der Waals surface area contributed by atoms with Crippen LogP contribution in [0, 0.1) is 6.92 Å². The smallest absolute Gasteiger partial charge is 0.270 e. The molecule has 1 aromatic heterocycles. The van der Waals surface area contributed by atoms with Gasteiger partial charge in [-0.2, -0.15) is 0 Å². The molecule has 0 saturated carbocycles. The van der Waals surface area contributed by atoms with Crippen LogP contribution in [0.1, 0.15) is 21.6 Å². The maximum atomic E-state index is 12.5. The second-order valence-electron chi connectivity index (χ2n) is 5.59. The van der Waals surface area contributed by atoms with E-state index in [4.69, 9.17) is 10.5 Å². The van der Waals surface area contributed by atoms with E-state index in [2.05, 4.69) is 10.3 Å². The lowest BCUT2D eigenvalue weighted by Crippen LogP contribution is -2.24. The van der Waals surface area contributed by atoms with E-state index >= 15 is 0 Å². The first-order valence-corrected chi connectivity index (χ1v) is 7.65. The number of hydrogen-bond donors (Lipinski definition) is 2. The van der Waals surface area contributed by atoms with E-state index in [9.17, 15) is 4.79 Å². The van der Waals surface area contributed by atoms with Gasteiger partial charge in [0.05, 0.1) is 7.11 Å². The Balaban J connectivity index is 1.83. The number of aryl methyl sites for hydroxylation is 1. The molecule has 0 aliphatic rings. The van der Waals surface area contributed by atoms with Gasteiger partial charge in [-0.15, -0.1) is 0 Å². The molecule has 3 rings (SSSR count). The molecule has 122 valence electrons. The summed E-state index contributed by atoms with van der Waals surface area (Å²) in [7, 11) is 1.62. The maximum Gasteiger partial charge on any atom is 0.270 e. The Morgan fingerprint density at radius 1 is 1.21 bits per heavy atom. The highest BCUT2D eigenvalue weighted by Gasteiger charge is 2.14. The molecule has 0 fully saturated rings. The van der Waals surface area contributed by atoms with Crippen LogP contribution in [0.15, 0.2) is 48.7 Å². The molecule has 0 aliphatic carbocycles. The second-order valence-corrected chi connectivity index (χ2v) is 5.59. The molecule has 5 nitrogen and oxygen atoms in total. The minimum atomic E-state index is -0.221. The topological polar surface area (TPSA) is 77.2 Å². The number of anilines is 1. The van der Waals surface area contributed by atoms with Gasteiger partial charge in [0.15, 0.2) is 0 Å². The van der Waals surface area contributed by atoms with E-state index in [1.165, 1.54) is 0 Å². The lowest BCUT2D eigenvalue weighted by Gasteiger charge is -2.11. The van der Waals surface area contributed by atoms with E-state index in [1.54, 1.807) is 13.3 Å². The summed E-state index contributed by atoms with van der Waals surface area (Å²) in [6, 6.07) is 13.1. The standard InChI is InChI=1S/C19H19N3O2/c1-12-10-21-18(15-4-3-5-16(20)17(12)15)19(23)22-11-13-6-8-14(24-2)9-7-13/h3-10H,11,20H2,1-2H3,(H,22,23). The minimum Gasteiger partial charge on any atom is -0.497 e. The van der Waals surface area contributed by atoms with Crippen LogP contribution in [-0.2, 0) is 6.54 Å². The highest BCUT2D eigenvalue weighted by atomic mass is 16.5. The summed E-state index contributed by atoms with van der Waals surface area (Å²) in [6.07, 6.45) is 1.68. The number of fused-ring (bicyclic) bond motifs is 1. The molecule has 5 heteroatoms. The van der Waals surface area contributed by atoms with Gasteiger partial charge in [0.2, 0.25) is 0 Å². The van der Waals surface area contributed by atoms with Crippen LogP contribution in [0.2, 0.25) is 0 Å². The number of carbonyl (C=O) groups is 1. The van der Waals surface area contributed by atoms with Gasteiger partial charge in [0.25, 0.3) is 5.91 Å². The van der Waals surface area contributed by atoms with Crippen molar-refractivity contribution in [2.24, 2.45) is 0 Å². The molecule has 0 unspecified atom stereocenters. The van der Waals surface area contributed by atoms with Crippen molar-refractivity contribution in [2.45, 2.75) is 13.5 Å². The van der Waals surface area contributed by atoms with Crippen LogP contribution >= 0.6 is 0 Å². The predicted molar refractivity (Wildman–Crippen MR) is 95.1 cm³/mol. The van der Waals surface area contributed by atoms with Gasteiger partial charge < -0.3 is 15.8 Å². The molecule has 1 amide bonds. The third-order valence-corrected chi connectivity index (χ3v) is 3.96. The molecular formula is C19H19N3O2. The van der Waals surface area contributed by atoms with Gasteiger partial charge >= 0.3 is 0 Å². The van der Waals surface area contributed by atoms with E-state index in [-0.39, 0.29) is 5.91 Å². The number of benzene rings is 2. The number of pyridine rings is 1. The first kappa shape index (κ1) is 15.8. The Kier molecular flexibility index (Phi) is 4.33. The molecule has 0 spiro atoms. The monoisotopic (exact) mass is 321 g/mol. The third kappa shape index (κ3) is 3.01. The highest BCUT2D eigenvalue weighted by molar-refractivity contribution is 6.08. The molecule has 0 atom stereocenters. The van der Waals surface area contributed by atoms with Gasteiger partial charge in [0, 0.05) is 29.2 Å². The van der Waals surface area contributed by atoms with Crippen molar-refractivity contribution in [1.82, 2.24) is 10.3 Å². The van der Waals surface area contributed by atoms with Crippen LogP contribution in [0.5, 0.6) is 5.75 Å². The predicted octanol–water partition coefficient (Wildman–Crippen LogP) is 3.06. The van der Waals surface area contributed by atoms with Crippen LogP contribution in [0.3, 0.4) is 0 Å². The van der Waals surface area contributed by atoms with Gasteiger partial charge in [-0.05, 0) is 36.2 Å². The summed E-state index contributed by atoms with van der Waals surface area (Å²) in [5.41, 5.74) is 9.02. The number of nitrogens with two attached hydrogens (primary N) is 1. The fraction of sp³-hybridized carbons (Fsp3) is 0.158. The summed E-state index contributed by atoms with van der Waals surface area (Å²) in [5.74, 6) is 0.563. The number of rotatable bonds is 4. The number of methoxy groups -OCH3 is 1. The minimum absolute atomic E-state index is 0.221. The molecule has 3 aromatic rings. The van der Waals surface area contributed by atoms with Gasteiger partial charge in [-0.25, -0.2) is 0 Å². The van der Waals surface area contributed by atoms with E-state index < -0.39 is 0 Å². The zero-order valence-corrected chi connectivity index (χ0v) is 13.7. The summed E-state index contributed by atoms with van der Waals surface area (Å²) in [4.78, 5) is 16.8. The lowest BCUT2D eigenvalue weighted by molar-refractivity contribution is 0.0948. The maximum absolute atomic E-state index is 12.5. The summed E-state index contributed by atoms with van der Waals surface area (Å²) in [6.45, 7) is 2.35. The van der Waals surface area contributed by atoms with Crippen molar-refractivity contribution < 1.29 is 9.53 Å². The quantitative estimate of drug-likeness (QED) is 0.724. The summed E-state index contributed by atoms with van der Waals surface area (Å²) >= 11 is 0. The normalized spacial score (nSPS) is 10.6. The first-order valence-electron chi connectivity index (χ1n) is 7.65. The molecule has 2 aromatic carbocycles. The Labute approximate surface area is 140 Å². The lowest BCUT2D eigenvalue weighted by atomic mass is 10.0. The Morgan fingerprint density at radius 2 is 1.96 bits per heavy atom. The largest absolute Gasteiger partial charge is 0.497 e. The number of hydrogen-bond acceptors (Lipinski definition) is 4. The number of ether oxygens (including phenoxy) is 1. The number of nitrogens with zero attached hydrogens (tertiary/aromatic N) is 1. The zero-order chi connectivity index (χ0) is 17.1. The number of nitrogen functional groups attached to an aromatic ring is 1. The number of aromatic nitrogens is 1. The zero-order valence-electron chi connectivity index (χ0n) is 13.7. The Bertz CT molecular complexity index is 881. The number of nitrogens with one attached hydrogen (secondary N) is 1. The van der Waals surface area contributed by atoms with E-state index in [0.717, 1.165) is 27.6 Å². The van der Waals surface area contributed by atoms with E-state index in [0.29, 0.717) is 17.9 Å². The molecule has 0 bridgehead atoms. The number of amides is 1. The fourth-order valence-corrected chi connectivity index (χ4v) is 2.69. The molecule has 1 heterocycles. The first-order chi connectivity index (χ1) is 11.6. The van der Waals surface area contributed by atoms with Gasteiger partial charge in [0.1, 0.15) is 11.4 Å². The molecule has 0 aliphatic heterocycles. The Hall–Kier alpha value is -3.08.